The molecule has 0 atom stereocenters. The van der Waals surface area contributed by atoms with E-state index in [1.54, 1.807) is 13.2 Å². The van der Waals surface area contributed by atoms with Gasteiger partial charge >= 0.3 is 0 Å². The molecule has 0 fully saturated rings. The van der Waals surface area contributed by atoms with Gasteiger partial charge in [-0.2, -0.15) is 0 Å². The smallest absolute Gasteiger partial charge is 0.244 e. The van der Waals surface area contributed by atoms with Gasteiger partial charge in [0, 0.05) is 41.2 Å². The van der Waals surface area contributed by atoms with Gasteiger partial charge in [-0.15, -0.1) is 0 Å². The zero-order valence-electron chi connectivity index (χ0n) is 15.9. The number of amides is 1. The van der Waals surface area contributed by atoms with Gasteiger partial charge in [-0.3, -0.25) is 4.79 Å². The standard InChI is InChI=1S/C23H22N2O3/c1-15(22-12-16-5-3-4-6-21(16)28-22)11-23(26)24-10-9-17-14-25-20-13-18(27-2)7-8-19(17)20/h3-8,11-14,25H,9-10H2,1-2H3,(H,24,26). The number of aromatic amines is 1. The second-order valence-corrected chi connectivity index (χ2v) is 6.74. The van der Waals surface area contributed by atoms with Gasteiger partial charge < -0.3 is 19.5 Å². The molecular formula is C23H22N2O3. The minimum absolute atomic E-state index is 0.125. The van der Waals surface area contributed by atoms with Crippen LogP contribution in [0.5, 0.6) is 5.75 Å². The summed E-state index contributed by atoms with van der Waals surface area (Å²) < 4.78 is 11.0. The lowest BCUT2D eigenvalue weighted by molar-refractivity contribution is -0.116. The van der Waals surface area contributed by atoms with Crippen LogP contribution >= 0.6 is 0 Å². The third-order valence-electron chi connectivity index (χ3n) is 4.83. The van der Waals surface area contributed by atoms with Crippen LogP contribution in [0.25, 0.3) is 27.4 Å². The van der Waals surface area contributed by atoms with Gasteiger partial charge in [0.25, 0.3) is 0 Å². The molecule has 0 bridgehead atoms. The Morgan fingerprint density at radius 2 is 2.07 bits per heavy atom. The van der Waals surface area contributed by atoms with Gasteiger partial charge in [0.05, 0.1) is 7.11 Å². The van der Waals surface area contributed by atoms with Crippen LogP contribution in [0.2, 0.25) is 0 Å². The average Bonchev–Trinajstić information content (AvgIpc) is 3.31. The minimum Gasteiger partial charge on any atom is -0.497 e. The summed E-state index contributed by atoms with van der Waals surface area (Å²) in [6.07, 6.45) is 4.30. The lowest BCUT2D eigenvalue weighted by Crippen LogP contribution is -2.23. The summed E-state index contributed by atoms with van der Waals surface area (Å²) in [5, 5.41) is 5.12. The normalized spacial score (nSPS) is 11.9. The van der Waals surface area contributed by atoms with Crippen molar-refractivity contribution in [3.05, 3.63) is 72.1 Å². The number of nitrogens with one attached hydrogen (secondary N) is 2. The van der Waals surface area contributed by atoms with E-state index in [4.69, 9.17) is 9.15 Å². The van der Waals surface area contributed by atoms with Gasteiger partial charge in [-0.05, 0) is 48.7 Å². The van der Waals surface area contributed by atoms with Crippen molar-refractivity contribution in [2.45, 2.75) is 13.3 Å². The maximum Gasteiger partial charge on any atom is 0.244 e. The highest BCUT2D eigenvalue weighted by Gasteiger charge is 2.08. The largest absolute Gasteiger partial charge is 0.497 e. The molecule has 0 saturated carbocycles. The highest BCUT2D eigenvalue weighted by Crippen LogP contribution is 2.25. The maximum absolute atomic E-state index is 12.3. The topological polar surface area (TPSA) is 67.3 Å². The van der Waals surface area contributed by atoms with E-state index in [2.05, 4.69) is 10.3 Å². The zero-order chi connectivity index (χ0) is 19.5. The number of allylic oxidation sites excluding steroid dienone is 1. The first-order valence-electron chi connectivity index (χ1n) is 9.23. The monoisotopic (exact) mass is 374 g/mol. The van der Waals surface area contributed by atoms with Crippen molar-refractivity contribution < 1.29 is 13.9 Å². The quantitative estimate of drug-likeness (QED) is 0.481. The first kappa shape index (κ1) is 17.9. The van der Waals surface area contributed by atoms with Crippen molar-refractivity contribution in [1.29, 1.82) is 0 Å². The van der Waals surface area contributed by atoms with Gasteiger partial charge in [0.2, 0.25) is 5.91 Å². The van der Waals surface area contributed by atoms with Gasteiger partial charge in [0.1, 0.15) is 17.1 Å². The molecule has 5 heteroatoms. The molecule has 0 unspecified atom stereocenters. The number of fused-ring (bicyclic) bond motifs is 2. The fourth-order valence-corrected chi connectivity index (χ4v) is 3.31. The van der Waals surface area contributed by atoms with Crippen molar-refractivity contribution >= 4 is 33.4 Å². The van der Waals surface area contributed by atoms with Crippen molar-refractivity contribution in [2.75, 3.05) is 13.7 Å². The Hall–Kier alpha value is -3.47. The average molecular weight is 374 g/mol. The fourth-order valence-electron chi connectivity index (χ4n) is 3.31. The lowest BCUT2D eigenvalue weighted by atomic mass is 10.1. The number of carbonyl (C=O) groups is 1. The molecule has 142 valence electrons. The van der Waals surface area contributed by atoms with Gasteiger partial charge in [-0.1, -0.05) is 18.2 Å². The number of benzene rings is 2. The van der Waals surface area contributed by atoms with Crippen LogP contribution in [0.15, 0.2) is 65.2 Å². The van der Waals surface area contributed by atoms with Gasteiger partial charge in [0.15, 0.2) is 0 Å². The van der Waals surface area contributed by atoms with E-state index in [1.165, 1.54) is 0 Å². The second kappa shape index (κ2) is 7.64. The number of furan rings is 1. The number of hydrogen-bond acceptors (Lipinski definition) is 3. The Morgan fingerprint density at radius 3 is 2.89 bits per heavy atom. The van der Waals surface area contributed by atoms with Crippen LogP contribution in [-0.2, 0) is 11.2 Å². The third-order valence-corrected chi connectivity index (χ3v) is 4.83. The molecule has 4 rings (SSSR count). The Morgan fingerprint density at radius 1 is 1.21 bits per heavy atom. The molecule has 1 amide bonds. The molecule has 0 saturated heterocycles. The molecular weight excluding hydrogens is 352 g/mol. The predicted octanol–water partition coefficient (Wildman–Crippen LogP) is 4.68. The molecule has 2 heterocycles. The van der Waals surface area contributed by atoms with Crippen molar-refractivity contribution in [3.63, 3.8) is 0 Å². The molecule has 2 N–H and O–H groups in total. The van der Waals surface area contributed by atoms with E-state index < -0.39 is 0 Å². The summed E-state index contributed by atoms with van der Waals surface area (Å²) in [6.45, 7) is 2.44. The third kappa shape index (κ3) is 3.64. The van der Waals surface area contributed by atoms with Crippen LogP contribution in [0.4, 0.5) is 0 Å². The fraction of sp³-hybridized carbons (Fsp3) is 0.174. The Bertz CT molecular complexity index is 1130. The van der Waals surface area contributed by atoms with Crippen LogP contribution < -0.4 is 10.1 Å². The summed E-state index contributed by atoms with van der Waals surface area (Å²) in [5.41, 5.74) is 3.81. The SMILES string of the molecule is COc1ccc2c(CCNC(=O)C=C(C)c3cc4ccccc4o3)c[nH]c2c1. The van der Waals surface area contributed by atoms with Crippen LogP contribution in [0, 0.1) is 0 Å². The lowest BCUT2D eigenvalue weighted by Gasteiger charge is -2.03. The van der Waals surface area contributed by atoms with E-state index in [0.29, 0.717) is 12.3 Å². The molecule has 0 aliphatic carbocycles. The van der Waals surface area contributed by atoms with Crippen molar-refractivity contribution in [1.82, 2.24) is 10.3 Å². The highest BCUT2D eigenvalue weighted by molar-refractivity contribution is 5.95. The second-order valence-electron chi connectivity index (χ2n) is 6.74. The first-order chi connectivity index (χ1) is 13.6. The summed E-state index contributed by atoms with van der Waals surface area (Å²) >= 11 is 0. The number of carbonyl (C=O) groups excluding carboxylic acids is 1. The number of ether oxygens (including phenoxy) is 1. The number of rotatable bonds is 6. The molecule has 0 aliphatic rings. The molecule has 5 nitrogen and oxygen atoms in total. The summed E-state index contributed by atoms with van der Waals surface area (Å²) in [7, 11) is 1.65. The summed E-state index contributed by atoms with van der Waals surface area (Å²) in [5.74, 6) is 1.40. The van der Waals surface area contributed by atoms with Crippen LogP contribution in [0.1, 0.15) is 18.2 Å². The first-order valence-corrected chi connectivity index (χ1v) is 9.23. The number of aromatic nitrogens is 1. The van der Waals surface area contributed by atoms with Crippen molar-refractivity contribution in [2.24, 2.45) is 0 Å². The molecule has 2 aromatic carbocycles. The molecule has 28 heavy (non-hydrogen) atoms. The number of para-hydroxylation sites is 1. The summed E-state index contributed by atoms with van der Waals surface area (Å²) in [6, 6.07) is 15.7. The maximum atomic E-state index is 12.3. The summed E-state index contributed by atoms with van der Waals surface area (Å²) in [4.78, 5) is 15.5. The highest BCUT2D eigenvalue weighted by atomic mass is 16.5. The van der Waals surface area contributed by atoms with Crippen LogP contribution in [-0.4, -0.2) is 24.5 Å². The van der Waals surface area contributed by atoms with Gasteiger partial charge in [-0.25, -0.2) is 0 Å². The Kier molecular flexibility index (Phi) is 4.89. The van der Waals surface area contributed by atoms with E-state index in [0.717, 1.165) is 45.2 Å². The van der Waals surface area contributed by atoms with E-state index in [-0.39, 0.29) is 5.91 Å². The molecule has 4 aromatic rings. The minimum atomic E-state index is -0.125. The number of methoxy groups -OCH3 is 1. The number of hydrogen-bond donors (Lipinski definition) is 2. The molecule has 0 aliphatic heterocycles. The molecule has 2 aromatic heterocycles. The van der Waals surface area contributed by atoms with E-state index in [9.17, 15) is 4.79 Å². The molecule has 0 spiro atoms. The number of H-pyrrole nitrogens is 1. The van der Waals surface area contributed by atoms with Crippen LogP contribution in [0.3, 0.4) is 0 Å². The van der Waals surface area contributed by atoms with E-state index in [1.807, 2.05) is 61.7 Å². The zero-order valence-corrected chi connectivity index (χ0v) is 15.9. The van der Waals surface area contributed by atoms with Crippen molar-refractivity contribution in [3.8, 4) is 5.75 Å². The predicted molar refractivity (Wildman–Crippen MR) is 111 cm³/mol. The van der Waals surface area contributed by atoms with E-state index >= 15 is 0 Å². The Labute approximate surface area is 163 Å². The Balaban J connectivity index is 1.38. The molecule has 0 radical (unpaired) electrons.